The lowest BCUT2D eigenvalue weighted by Gasteiger charge is -2.39. The van der Waals surface area contributed by atoms with Gasteiger partial charge in [-0.1, -0.05) is 0 Å². The van der Waals surface area contributed by atoms with Crippen LogP contribution >= 0.6 is 0 Å². The lowest BCUT2D eigenvalue weighted by molar-refractivity contribution is -0.124. The van der Waals surface area contributed by atoms with E-state index in [4.69, 9.17) is 9.47 Å². The SMILES string of the molecule is Cc1cc(C)c(CN2CC3(CC3)c3c(F)c4c(c(C)c3C2=O)OC(C)(C2CCC(N(C)C)CC2)O4)c(=O)[nH]1. The first-order valence-electron chi connectivity index (χ1n) is 13.8. The second kappa shape index (κ2) is 8.57. The third kappa shape index (κ3) is 3.78. The molecule has 0 bridgehead atoms. The van der Waals surface area contributed by atoms with Crippen molar-refractivity contribution in [3.05, 3.63) is 55.7 Å². The molecule has 1 spiro atoms. The number of halogens is 1. The lowest BCUT2D eigenvalue weighted by atomic mass is 9.81. The van der Waals surface area contributed by atoms with E-state index in [0.29, 0.717) is 40.6 Å². The summed E-state index contributed by atoms with van der Waals surface area (Å²) in [6.45, 7) is 8.09. The molecule has 6 rings (SSSR count). The fourth-order valence-electron chi connectivity index (χ4n) is 7.11. The van der Waals surface area contributed by atoms with Crippen molar-refractivity contribution in [1.82, 2.24) is 14.8 Å². The van der Waals surface area contributed by atoms with E-state index in [0.717, 1.165) is 49.8 Å². The van der Waals surface area contributed by atoms with Crippen LogP contribution in [0, 0.1) is 32.5 Å². The second-order valence-electron chi connectivity index (χ2n) is 12.4. The Morgan fingerprint density at radius 3 is 2.34 bits per heavy atom. The number of benzene rings is 1. The summed E-state index contributed by atoms with van der Waals surface area (Å²) >= 11 is 0. The van der Waals surface area contributed by atoms with Crippen molar-refractivity contribution in [3.8, 4) is 11.5 Å². The Morgan fingerprint density at radius 2 is 1.74 bits per heavy atom. The normalized spacial score (nSPS) is 27.3. The Bertz CT molecular complexity index is 1390. The molecule has 1 amide bonds. The predicted octanol–water partition coefficient (Wildman–Crippen LogP) is 4.73. The van der Waals surface area contributed by atoms with Gasteiger partial charge in [0.1, 0.15) is 0 Å². The zero-order valence-electron chi connectivity index (χ0n) is 23.3. The van der Waals surface area contributed by atoms with Crippen LogP contribution in [0.3, 0.4) is 0 Å². The number of nitrogens with one attached hydrogen (secondary N) is 1. The average Bonchev–Trinajstić information content (AvgIpc) is 3.53. The largest absolute Gasteiger partial charge is 0.448 e. The number of aryl methyl sites for hydroxylation is 2. The van der Waals surface area contributed by atoms with Gasteiger partial charge in [0.2, 0.25) is 5.75 Å². The number of ether oxygens (including phenoxy) is 2. The number of rotatable bonds is 4. The van der Waals surface area contributed by atoms with Gasteiger partial charge in [-0.05, 0) is 85.0 Å². The number of hydrogen-bond donors (Lipinski definition) is 1. The number of aromatic nitrogens is 1. The minimum atomic E-state index is -0.957. The van der Waals surface area contributed by atoms with Crippen LogP contribution in [-0.2, 0) is 12.0 Å². The van der Waals surface area contributed by atoms with Crippen molar-refractivity contribution in [1.29, 1.82) is 0 Å². The number of carbonyl (C=O) groups is 1. The van der Waals surface area contributed by atoms with E-state index in [-0.39, 0.29) is 29.7 Å². The van der Waals surface area contributed by atoms with E-state index in [1.165, 1.54) is 0 Å². The van der Waals surface area contributed by atoms with Gasteiger partial charge in [-0.25, -0.2) is 4.39 Å². The highest BCUT2D eigenvalue weighted by atomic mass is 19.1. The molecule has 38 heavy (non-hydrogen) atoms. The highest BCUT2D eigenvalue weighted by Crippen LogP contribution is 2.59. The second-order valence-corrected chi connectivity index (χ2v) is 12.4. The summed E-state index contributed by atoms with van der Waals surface area (Å²) in [5.41, 5.74) is 3.09. The number of fused-ring (bicyclic) bond motifs is 3. The quantitative estimate of drug-likeness (QED) is 0.627. The van der Waals surface area contributed by atoms with Crippen molar-refractivity contribution >= 4 is 5.91 Å². The highest BCUT2D eigenvalue weighted by molar-refractivity contribution is 6.00. The molecule has 0 radical (unpaired) electrons. The first-order chi connectivity index (χ1) is 17.9. The average molecular weight is 524 g/mol. The molecular formula is C30H38FN3O4. The molecule has 1 unspecified atom stereocenters. The van der Waals surface area contributed by atoms with Crippen LogP contribution < -0.4 is 15.0 Å². The molecule has 3 heterocycles. The Morgan fingerprint density at radius 1 is 1.08 bits per heavy atom. The van der Waals surface area contributed by atoms with Gasteiger partial charge in [-0.2, -0.15) is 0 Å². The molecule has 1 atom stereocenters. The highest BCUT2D eigenvalue weighted by Gasteiger charge is 2.57. The molecule has 2 saturated carbocycles. The van der Waals surface area contributed by atoms with Crippen LogP contribution in [0.5, 0.6) is 11.5 Å². The summed E-state index contributed by atoms with van der Waals surface area (Å²) in [6.07, 6.45) is 5.57. The maximum absolute atomic E-state index is 16.3. The zero-order chi connectivity index (χ0) is 27.1. The summed E-state index contributed by atoms with van der Waals surface area (Å²) in [5.74, 6) is -0.993. The first-order valence-corrected chi connectivity index (χ1v) is 13.8. The van der Waals surface area contributed by atoms with Gasteiger partial charge in [-0.3, -0.25) is 9.59 Å². The Kier molecular flexibility index (Phi) is 5.73. The van der Waals surface area contributed by atoms with Crippen LogP contribution in [-0.4, -0.2) is 53.2 Å². The van der Waals surface area contributed by atoms with Crippen LogP contribution in [0.1, 0.15) is 83.8 Å². The smallest absolute Gasteiger partial charge is 0.255 e. The van der Waals surface area contributed by atoms with Crippen molar-refractivity contribution in [3.63, 3.8) is 0 Å². The summed E-state index contributed by atoms with van der Waals surface area (Å²) in [6, 6.07) is 2.45. The molecule has 204 valence electrons. The van der Waals surface area contributed by atoms with E-state index in [1.807, 2.05) is 33.8 Å². The van der Waals surface area contributed by atoms with Gasteiger partial charge in [0.15, 0.2) is 11.6 Å². The molecule has 1 N–H and O–H groups in total. The van der Waals surface area contributed by atoms with E-state index >= 15 is 4.39 Å². The third-order valence-corrected chi connectivity index (χ3v) is 9.59. The van der Waals surface area contributed by atoms with Crippen molar-refractivity contribution in [2.24, 2.45) is 5.92 Å². The van der Waals surface area contributed by atoms with Gasteiger partial charge >= 0.3 is 0 Å². The summed E-state index contributed by atoms with van der Waals surface area (Å²) in [5, 5.41) is 0. The fraction of sp³-hybridized carbons (Fsp3) is 0.600. The van der Waals surface area contributed by atoms with E-state index < -0.39 is 17.0 Å². The number of pyridine rings is 1. The molecule has 2 aromatic rings. The number of nitrogens with zero attached hydrogens (tertiary/aromatic N) is 2. The topological polar surface area (TPSA) is 74.9 Å². The van der Waals surface area contributed by atoms with Gasteiger partial charge in [0.05, 0.1) is 12.1 Å². The maximum Gasteiger partial charge on any atom is 0.255 e. The third-order valence-electron chi connectivity index (χ3n) is 9.59. The number of carbonyl (C=O) groups excluding carboxylic acids is 1. The summed E-state index contributed by atoms with van der Waals surface area (Å²) < 4.78 is 29.1. The molecule has 1 aromatic carbocycles. The minimum absolute atomic E-state index is 0.139. The van der Waals surface area contributed by atoms with E-state index in [9.17, 15) is 9.59 Å². The Labute approximate surface area is 223 Å². The minimum Gasteiger partial charge on any atom is -0.448 e. The van der Waals surface area contributed by atoms with Crippen LogP contribution in [0.4, 0.5) is 4.39 Å². The molecule has 1 aromatic heterocycles. The molecule has 7 nitrogen and oxygen atoms in total. The lowest BCUT2D eigenvalue weighted by Crippen LogP contribution is -2.46. The molecule has 4 aliphatic rings. The molecule has 2 aliphatic heterocycles. The van der Waals surface area contributed by atoms with Crippen molar-refractivity contribution in [2.45, 2.75) is 90.0 Å². The summed E-state index contributed by atoms with van der Waals surface area (Å²) in [7, 11) is 4.22. The van der Waals surface area contributed by atoms with Crippen molar-refractivity contribution in [2.75, 3.05) is 20.6 Å². The monoisotopic (exact) mass is 523 g/mol. The van der Waals surface area contributed by atoms with Crippen molar-refractivity contribution < 1.29 is 18.7 Å². The Hall–Kier alpha value is -2.87. The fourth-order valence-corrected chi connectivity index (χ4v) is 7.11. The molecule has 8 heteroatoms. The molecule has 2 fully saturated rings. The van der Waals surface area contributed by atoms with Gasteiger partial charge in [0, 0.05) is 53.2 Å². The van der Waals surface area contributed by atoms with Gasteiger partial charge in [0.25, 0.3) is 17.3 Å². The molecule has 0 saturated heterocycles. The zero-order valence-corrected chi connectivity index (χ0v) is 23.3. The van der Waals surface area contributed by atoms with E-state index in [2.05, 4.69) is 24.0 Å². The number of aromatic amines is 1. The number of amides is 1. The first kappa shape index (κ1) is 25.4. The van der Waals surface area contributed by atoms with Crippen LogP contribution in [0.2, 0.25) is 0 Å². The van der Waals surface area contributed by atoms with Crippen LogP contribution in [0.25, 0.3) is 0 Å². The maximum atomic E-state index is 16.3. The predicted molar refractivity (Wildman–Crippen MR) is 142 cm³/mol. The molecule has 2 aliphatic carbocycles. The molecular weight excluding hydrogens is 485 g/mol. The van der Waals surface area contributed by atoms with Crippen LogP contribution in [0.15, 0.2) is 10.9 Å². The van der Waals surface area contributed by atoms with Gasteiger partial charge < -0.3 is 24.3 Å². The van der Waals surface area contributed by atoms with E-state index in [1.54, 1.807) is 4.90 Å². The van der Waals surface area contributed by atoms with Gasteiger partial charge in [-0.15, -0.1) is 0 Å². The number of H-pyrrole nitrogens is 1. The Balaban J connectivity index is 1.35. The summed E-state index contributed by atoms with van der Waals surface area (Å²) in [4.78, 5) is 33.5. The standard InChI is InChI=1S/C30H38FN3O4/c1-16-13-17(2)32-27(35)21(16)14-34-15-30(11-12-30)23-22(28(34)36)18(3)25-26(24(23)31)38-29(4,37-25)19-7-9-20(10-8-19)33(5)6/h13,19-20H,7-12,14-15H2,1-6H3,(H,32,35). The number of hydrogen-bond acceptors (Lipinski definition) is 5.